The van der Waals surface area contributed by atoms with Crippen molar-refractivity contribution < 1.29 is 23.5 Å². The van der Waals surface area contributed by atoms with Gasteiger partial charge in [-0.15, -0.1) is 0 Å². The summed E-state index contributed by atoms with van der Waals surface area (Å²) in [6.07, 6.45) is 2.39. The maximum atomic E-state index is 12.1. The molecule has 0 aliphatic rings. The fourth-order valence-electron chi connectivity index (χ4n) is 2.61. The second-order valence-electron chi connectivity index (χ2n) is 6.58. The number of aryl methyl sites for hydroxylation is 2. The number of fused-ring (bicyclic) bond motifs is 1. The summed E-state index contributed by atoms with van der Waals surface area (Å²) in [5.74, 6) is -1.19. The molecule has 0 aliphatic carbocycles. The van der Waals surface area contributed by atoms with Gasteiger partial charge in [0.15, 0.2) is 6.61 Å². The molecule has 1 N–H and O–H groups in total. The van der Waals surface area contributed by atoms with Crippen molar-refractivity contribution in [1.82, 2.24) is 10.2 Å². The first-order valence-electron chi connectivity index (χ1n) is 8.96. The number of hydrogen-bond acceptors (Lipinski definition) is 5. The number of amides is 2. The molecule has 0 aliphatic heterocycles. The van der Waals surface area contributed by atoms with E-state index < -0.39 is 18.5 Å². The van der Waals surface area contributed by atoms with E-state index in [2.05, 4.69) is 5.32 Å². The normalized spacial score (nSPS) is 10.7. The molecule has 27 heavy (non-hydrogen) atoms. The standard InChI is InChI=1S/C20H26N2O5/c1-5-8-21-17(23)10-22(4)18(24)12-26-19(25)9-15-11-27-20-14(3)13(2)6-7-16(15)20/h6-7,11H,5,8-10,12H2,1-4H3,(H,21,23). The van der Waals surface area contributed by atoms with E-state index in [0.29, 0.717) is 6.54 Å². The Morgan fingerprint density at radius 2 is 1.96 bits per heavy atom. The highest BCUT2D eigenvalue weighted by Crippen LogP contribution is 2.26. The monoisotopic (exact) mass is 374 g/mol. The van der Waals surface area contributed by atoms with E-state index in [-0.39, 0.29) is 18.9 Å². The Bertz CT molecular complexity index is 840. The van der Waals surface area contributed by atoms with E-state index in [1.807, 2.05) is 32.9 Å². The molecule has 7 nitrogen and oxygen atoms in total. The maximum Gasteiger partial charge on any atom is 0.310 e. The SMILES string of the molecule is CCCNC(=O)CN(C)C(=O)COC(=O)Cc1coc2c(C)c(C)ccc12. The van der Waals surface area contributed by atoms with Gasteiger partial charge in [-0.1, -0.05) is 19.1 Å². The highest BCUT2D eigenvalue weighted by Gasteiger charge is 2.17. The number of carbonyl (C=O) groups is 3. The third kappa shape index (κ3) is 5.32. The Morgan fingerprint density at radius 1 is 1.22 bits per heavy atom. The Hall–Kier alpha value is -2.83. The van der Waals surface area contributed by atoms with Gasteiger partial charge in [-0.2, -0.15) is 0 Å². The molecule has 2 aromatic rings. The van der Waals surface area contributed by atoms with Crippen LogP contribution >= 0.6 is 0 Å². The average Bonchev–Trinajstić information content (AvgIpc) is 3.04. The molecule has 0 spiro atoms. The molecule has 0 atom stereocenters. The van der Waals surface area contributed by atoms with Crippen LogP contribution in [0.15, 0.2) is 22.8 Å². The quantitative estimate of drug-likeness (QED) is 0.715. The lowest BCUT2D eigenvalue weighted by atomic mass is 10.0. The van der Waals surface area contributed by atoms with Crippen molar-refractivity contribution in [3.63, 3.8) is 0 Å². The number of ether oxygens (including phenoxy) is 1. The van der Waals surface area contributed by atoms with E-state index in [1.54, 1.807) is 6.26 Å². The second-order valence-corrected chi connectivity index (χ2v) is 6.58. The fourth-order valence-corrected chi connectivity index (χ4v) is 2.61. The Morgan fingerprint density at radius 3 is 2.67 bits per heavy atom. The summed E-state index contributed by atoms with van der Waals surface area (Å²) in [7, 11) is 1.50. The van der Waals surface area contributed by atoms with E-state index in [4.69, 9.17) is 9.15 Å². The number of esters is 1. The van der Waals surface area contributed by atoms with Crippen LogP contribution in [0.2, 0.25) is 0 Å². The summed E-state index contributed by atoms with van der Waals surface area (Å²) in [5.41, 5.74) is 3.62. The Balaban J connectivity index is 1.86. The smallest absolute Gasteiger partial charge is 0.310 e. The van der Waals surface area contributed by atoms with Crippen molar-refractivity contribution in [2.45, 2.75) is 33.6 Å². The van der Waals surface area contributed by atoms with Crippen molar-refractivity contribution in [3.05, 3.63) is 35.1 Å². The summed E-state index contributed by atoms with van der Waals surface area (Å²) in [4.78, 5) is 36.9. The third-order valence-electron chi connectivity index (χ3n) is 4.41. The number of nitrogens with zero attached hydrogens (tertiary/aromatic N) is 1. The number of hydrogen-bond donors (Lipinski definition) is 1. The van der Waals surface area contributed by atoms with Gasteiger partial charge in [0.05, 0.1) is 19.2 Å². The Labute approximate surface area is 158 Å². The van der Waals surface area contributed by atoms with Crippen molar-refractivity contribution in [2.75, 3.05) is 26.7 Å². The van der Waals surface area contributed by atoms with E-state index in [9.17, 15) is 14.4 Å². The molecular formula is C20H26N2O5. The van der Waals surface area contributed by atoms with Crippen LogP contribution in [0.4, 0.5) is 0 Å². The molecule has 1 aromatic heterocycles. The van der Waals surface area contributed by atoms with Crippen LogP contribution in [0.3, 0.4) is 0 Å². The average molecular weight is 374 g/mol. The summed E-state index contributed by atoms with van der Waals surface area (Å²) in [5, 5.41) is 3.55. The fraction of sp³-hybridized carbons (Fsp3) is 0.450. The van der Waals surface area contributed by atoms with Crippen molar-refractivity contribution in [2.24, 2.45) is 0 Å². The zero-order chi connectivity index (χ0) is 20.0. The zero-order valence-corrected chi connectivity index (χ0v) is 16.3. The van der Waals surface area contributed by atoms with Gasteiger partial charge in [0.2, 0.25) is 5.91 Å². The predicted octanol–water partition coefficient (Wildman–Crippen LogP) is 2.12. The Kier molecular flexibility index (Phi) is 6.98. The lowest BCUT2D eigenvalue weighted by Gasteiger charge is -2.16. The van der Waals surface area contributed by atoms with Crippen LogP contribution in [0, 0.1) is 13.8 Å². The van der Waals surface area contributed by atoms with Crippen molar-refractivity contribution in [1.29, 1.82) is 0 Å². The predicted molar refractivity (Wildman–Crippen MR) is 101 cm³/mol. The van der Waals surface area contributed by atoms with Gasteiger partial charge in [-0.05, 0) is 31.4 Å². The van der Waals surface area contributed by atoms with Gasteiger partial charge in [0.1, 0.15) is 5.58 Å². The maximum absolute atomic E-state index is 12.1. The van der Waals surface area contributed by atoms with Gasteiger partial charge in [0, 0.05) is 24.5 Å². The zero-order valence-electron chi connectivity index (χ0n) is 16.3. The number of nitrogens with one attached hydrogen (secondary N) is 1. The third-order valence-corrected chi connectivity index (χ3v) is 4.41. The number of carbonyl (C=O) groups excluding carboxylic acids is 3. The number of furan rings is 1. The topological polar surface area (TPSA) is 88.9 Å². The van der Waals surface area contributed by atoms with Gasteiger partial charge >= 0.3 is 5.97 Å². The minimum atomic E-state index is -0.520. The summed E-state index contributed by atoms with van der Waals surface area (Å²) in [6.45, 7) is 6.00. The minimum absolute atomic E-state index is 0.0173. The van der Waals surface area contributed by atoms with Crippen LogP contribution in [-0.2, 0) is 25.5 Å². The largest absolute Gasteiger partial charge is 0.464 e. The molecule has 7 heteroatoms. The number of benzene rings is 1. The van der Waals surface area contributed by atoms with Crippen LogP contribution in [0.1, 0.15) is 30.0 Å². The highest BCUT2D eigenvalue weighted by atomic mass is 16.5. The molecule has 0 bridgehead atoms. The molecule has 0 unspecified atom stereocenters. The number of rotatable bonds is 8. The van der Waals surface area contributed by atoms with Crippen molar-refractivity contribution >= 4 is 28.8 Å². The molecule has 146 valence electrons. The van der Waals surface area contributed by atoms with Crippen molar-refractivity contribution in [3.8, 4) is 0 Å². The van der Waals surface area contributed by atoms with Gasteiger partial charge in [-0.3, -0.25) is 14.4 Å². The van der Waals surface area contributed by atoms with E-state index in [1.165, 1.54) is 11.9 Å². The van der Waals surface area contributed by atoms with Crippen LogP contribution in [-0.4, -0.2) is 49.4 Å². The van der Waals surface area contributed by atoms with Crippen LogP contribution < -0.4 is 5.32 Å². The molecule has 2 rings (SSSR count). The molecule has 1 heterocycles. The van der Waals surface area contributed by atoms with E-state index >= 15 is 0 Å². The van der Waals surface area contributed by atoms with Crippen LogP contribution in [0.25, 0.3) is 11.0 Å². The van der Waals surface area contributed by atoms with Crippen LogP contribution in [0.5, 0.6) is 0 Å². The molecule has 0 saturated carbocycles. The summed E-state index contributed by atoms with van der Waals surface area (Å²) >= 11 is 0. The first-order chi connectivity index (χ1) is 12.8. The molecule has 0 fully saturated rings. The molecule has 2 amide bonds. The molecule has 1 aromatic carbocycles. The molecule has 0 saturated heterocycles. The highest BCUT2D eigenvalue weighted by molar-refractivity contribution is 5.89. The van der Waals surface area contributed by atoms with E-state index in [0.717, 1.165) is 34.1 Å². The molecular weight excluding hydrogens is 348 g/mol. The number of likely N-dealkylation sites (N-methyl/N-ethyl adjacent to an activating group) is 1. The van der Waals surface area contributed by atoms with Gasteiger partial charge in [0.25, 0.3) is 5.91 Å². The first kappa shape index (κ1) is 20.5. The van der Waals surface area contributed by atoms with Gasteiger partial charge in [-0.25, -0.2) is 0 Å². The first-order valence-corrected chi connectivity index (χ1v) is 8.96. The second kappa shape index (κ2) is 9.21. The van der Waals surface area contributed by atoms with Gasteiger partial charge < -0.3 is 19.4 Å². The lowest BCUT2D eigenvalue weighted by Crippen LogP contribution is -2.40. The summed E-state index contributed by atoms with van der Waals surface area (Å²) < 4.78 is 10.6. The summed E-state index contributed by atoms with van der Waals surface area (Å²) in [6, 6.07) is 3.89. The lowest BCUT2D eigenvalue weighted by molar-refractivity contribution is -0.151. The minimum Gasteiger partial charge on any atom is -0.464 e. The molecule has 0 radical (unpaired) electrons.